The van der Waals surface area contributed by atoms with E-state index < -0.39 is 0 Å². The van der Waals surface area contributed by atoms with Crippen molar-refractivity contribution < 1.29 is 0 Å². The molecule has 0 spiro atoms. The average Bonchev–Trinajstić information content (AvgIpc) is 2.84. The lowest BCUT2D eigenvalue weighted by molar-refractivity contribution is 0.337. The molecule has 0 unspecified atom stereocenters. The van der Waals surface area contributed by atoms with Crippen LogP contribution >= 0.6 is 11.6 Å². The van der Waals surface area contributed by atoms with E-state index in [-0.39, 0.29) is 0 Å². The molecule has 4 nitrogen and oxygen atoms in total. The first-order valence-corrected chi connectivity index (χ1v) is 7.01. The minimum atomic E-state index is 0.472. The quantitative estimate of drug-likeness (QED) is 0.834. The summed E-state index contributed by atoms with van der Waals surface area (Å²) in [5, 5.41) is 3.74. The zero-order chi connectivity index (χ0) is 13.0. The molecule has 1 aromatic rings. The van der Waals surface area contributed by atoms with Gasteiger partial charge in [0.05, 0.1) is 11.4 Å². The highest BCUT2D eigenvalue weighted by Gasteiger charge is 2.11. The fourth-order valence-corrected chi connectivity index (χ4v) is 2.44. The van der Waals surface area contributed by atoms with Crippen LogP contribution in [0.1, 0.15) is 30.7 Å². The lowest BCUT2D eigenvalue weighted by Crippen LogP contribution is -2.22. The molecule has 0 amide bonds. The van der Waals surface area contributed by atoms with E-state index in [9.17, 15) is 0 Å². The van der Waals surface area contributed by atoms with Crippen molar-refractivity contribution in [3.05, 3.63) is 16.5 Å². The lowest BCUT2D eigenvalue weighted by atomic mass is 10.3. The van der Waals surface area contributed by atoms with Crippen molar-refractivity contribution in [2.45, 2.75) is 33.1 Å². The van der Waals surface area contributed by atoms with Crippen molar-refractivity contribution >= 4 is 17.4 Å². The van der Waals surface area contributed by atoms with Crippen molar-refractivity contribution in [2.24, 2.45) is 0 Å². The molecule has 100 valence electrons. The molecule has 0 aliphatic carbocycles. The van der Waals surface area contributed by atoms with E-state index in [0.29, 0.717) is 11.0 Å². The van der Waals surface area contributed by atoms with Gasteiger partial charge in [-0.15, -0.1) is 0 Å². The van der Waals surface area contributed by atoms with E-state index in [0.717, 1.165) is 30.9 Å². The summed E-state index contributed by atoms with van der Waals surface area (Å²) < 4.78 is 0. The molecule has 5 heteroatoms. The number of aromatic nitrogens is 2. The van der Waals surface area contributed by atoms with Crippen molar-refractivity contribution in [3.8, 4) is 0 Å². The summed E-state index contributed by atoms with van der Waals surface area (Å²) in [5.74, 6) is 0.709. The minimum Gasteiger partial charge on any atom is -0.367 e. The molecule has 1 fully saturated rings. The molecule has 0 aromatic carbocycles. The van der Waals surface area contributed by atoms with Gasteiger partial charge in [0.2, 0.25) is 0 Å². The first kappa shape index (κ1) is 13.6. The zero-order valence-corrected chi connectivity index (χ0v) is 11.9. The Morgan fingerprint density at radius 1 is 1.17 bits per heavy atom. The number of nitrogens with one attached hydrogen (secondary N) is 1. The monoisotopic (exact) mass is 268 g/mol. The Labute approximate surface area is 114 Å². The van der Waals surface area contributed by atoms with Gasteiger partial charge in [-0.2, -0.15) is 0 Å². The number of nitrogens with zero attached hydrogens (tertiary/aromatic N) is 3. The Morgan fingerprint density at radius 3 is 2.56 bits per heavy atom. The van der Waals surface area contributed by atoms with Crippen LogP contribution in [0.25, 0.3) is 0 Å². The molecule has 1 aromatic heterocycles. The third kappa shape index (κ3) is 3.56. The van der Waals surface area contributed by atoms with Gasteiger partial charge in [-0.1, -0.05) is 11.6 Å². The number of hydrogen-bond donors (Lipinski definition) is 1. The maximum atomic E-state index is 6.06. The minimum absolute atomic E-state index is 0.472. The van der Waals surface area contributed by atoms with Crippen molar-refractivity contribution in [3.63, 3.8) is 0 Å². The number of hydrogen-bond acceptors (Lipinski definition) is 4. The van der Waals surface area contributed by atoms with Crippen molar-refractivity contribution in [1.29, 1.82) is 0 Å². The summed E-state index contributed by atoms with van der Waals surface area (Å²) in [5.41, 5.74) is 1.82. The Morgan fingerprint density at radius 2 is 1.83 bits per heavy atom. The van der Waals surface area contributed by atoms with Gasteiger partial charge in [-0.25, -0.2) is 9.97 Å². The molecule has 0 atom stereocenters. The normalized spacial score (nSPS) is 16.2. The van der Waals surface area contributed by atoms with Gasteiger partial charge in [0.1, 0.15) is 0 Å². The summed E-state index contributed by atoms with van der Waals surface area (Å²) in [7, 11) is 0. The third-order valence-electron chi connectivity index (χ3n) is 3.41. The molecular formula is C13H21ClN4. The maximum Gasteiger partial charge on any atom is 0.171 e. The lowest BCUT2D eigenvalue weighted by Gasteiger charge is -2.15. The summed E-state index contributed by atoms with van der Waals surface area (Å²) in [6, 6.07) is 0. The van der Waals surface area contributed by atoms with E-state index in [4.69, 9.17) is 11.6 Å². The van der Waals surface area contributed by atoms with E-state index in [1.807, 2.05) is 13.8 Å². The average molecular weight is 269 g/mol. The van der Waals surface area contributed by atoms with Gasteiger partial charge in [-0.3, -0.25) is 0 Å². The van der Waals surface area contributed by atoms with Gasteiger partial charge in [0, 0.05) is 6.54 Å². The first-order chi connectivity index (χ1) is 8.66. The second-order valence-corrected chi connectivity index (χ2v) is 5.22. The highest BCUT2D eigenvalue weighted by atomic mass is 35.5. The molecule has 18 heavy (non-hydrogen) atoms. The molecule has 0 saturated carbocycles. The van der Waals surface area contributed by atoms with Crippen LogP contribution in [0, 0.1) is 13.8 Å². The Kier molecular flexibility index (Phi) is 4.78. The fraction of sp³-hybridized carbons (Fsp3) is 0.692. The molecule has 2 rings (SSSR count). The SMILES string of the molecule is Cc1nc(Cl)c(NCCCN2CCCC2)nc1C. The summed E-state index contributed by atoms with van der Waals surface area (Å²) in [4.78, 5) is 11.2. The molecule has 1 aliphatic heterocycles. The molecule has 2 heterocycles. The van der Waals surface area contributed by atoms with E-state index >= 15 is 0 Å². The van der Waals surface area contributed by atoms with Crippen LogP contribution in [0.15, 0.2) is 0 Å². The number of halogens is 1. The van der Waals surface area contributed by atoms with Crippen LogP contribution in [0.5, 0.6) is 0 Å². The van der Waals surface area contributed by atoms with Gasteiger partial charge in [0.25, 0.3) is 0 Å². The van der Waals surface area contributed by atoms with Crippen LogP contribution in [-0.2, 0) is 0 Å². The van der Waals surface area contributed by atoms with Crippen LogP contribution in [-0.4, -0.2) is 41.0 Å². The smallest absolute Gasteiger partial charge is 0.171 e. The van der Waals surface area contributed by atoms with E-state index in [2.05, 4.69) is 20.2 Å². The van der Waals surface area contributed by atoms with Crippen LogP contribution in [0.4, 0.5) is 5.82 Å². The summed E-state index contributed by atoms with van der Waals surface area (Å²) >= 11 is 6.06. The molecule has 0 radical (unpaired) electrons. The maximum absolute atomic E-state index is 6.06. The topological polar surface area (TPSA) is 41.1 Å². The Bertz CT molecular complexity index is 402. The Hall–Kier alpha value is -0.870. The number of aryl methyl sites for hydroxylation is 2. The second-order valence-electron chi connectivity index (χ2n) is 4.86. The summed E-state index contributed by atoms with van der Waals surface area (Å²) in [6.45, 7) is 8.43. The highest BCUT2D eigenvalue weighted by Crippen LogP contribution is 2.18. The summed E-state index contributed by atoms with van der Waals surface area (Å²) in [6.07, 6.45) is 3.81. The first-order valence-electron chi connectivity index (χ1n) is 6.64. The van der Waals surface area contributed by atoms with Crippen molar-refractivity contribution in [2.75, 3.05) is 31.5 Å². The molecule has 1 aliphatic rings. The standard InChI is InChI=1S/C13H21ClN4/c1-10-11(2)17-13(12(14)16-10)15-6-5-9-18-7-3-4-8-18/h3-9H2,1-2H3,(H,15,17). The predicted molar refractivity (Wildman–Crippen MR) is 75.3 cm³/mol. The number of rotatable bonds is 5. The molecule has 1 N–H and O–H groups in total. The fourth-order valence-electron chi connectivity index (χ4n) is 2.20. The predicted octanol–water partition coefficient (Wildman–Crippen LogP) is 2.64. The zero-order valence-electron chi connectivity index (χ0n) is 11.2. The van der Waals surface area contributed by atoms with Gasteiger partial charge >= 0.3 is 0 Å². The molecule has 0 bridgehead atoms. The third-order valence-corrected chi connectivity index (χ3v) is 3.67. The largest absolute Gasteiger partial charge is 0.367 e. The highest BCUT2D eigenvalue weighted by molar-refractivity contribution is 6.31. The second kappa shape index (κ2) is 6.34. The van der Waals surface area contributed by atoms with E-state index in [1.165, 1.54) is 25.9 Å². The van der Waals surface area contributed by atoms with Crippen LogP contribution in [0.3, 0.4) is 0 Å². The Balaban J connectivity index is 1.77. The van der Waals surface area contributed by atoms with Gasteiger partial charge < -0.3 is 10.2 Å². The van der Waals surface area contributed by atoms with Gasteiger partial charge in [0.15, 0.2) is 11.0 Å². The van der Waals surface area contributed by atoms with E-state index in [1.54, 1.807) is 0 Å². The van der Waals surface area contributed by atoms with Gasteiger partial charge in [-0.05, 0) is 52.7 Å². The number of anilines is 1. The number of likely N-dealkylation sites (tertiary alicyclic amines) is 1. The molecule has 1 saturated heterocycles. The van der Waals surface area contributed by atoms with Crippen LogP contribution < -0.4 is 5.32 Å². The van der Waals surface area contributed by atoms with Crippen molar-refractivity contribution in [1.82, 2.24) is 14.9 Å². The van der Waals surface area contributed by atoms with Crippen LogP contribution in [0.2, 0.25) is 5.15 Å². The molecular weight excluding hydrogens is 248 g/mol.